The van der Waals surface area contributed by atoms with Crippen molar-refractivity contribution >= 4 is 11.4 Å². The number of nitrogens with two attached hydrogens (primary N) is 1. The molecule has 0 spiro atoms. The van der Waals surface area contributed by atoms with Crippen LogP contribution in [0.3, 0.4) is 0 Å². The van der Waals surface area contributed by atoms with Crippen LogP contribution in [0.1, 0.15) is 19.5 Å². The summed E-state index contributed by atoms with van der Waals surface area (Å²) in [7, 11) is 0. The Labute approximate surface area is 114 Å². The minimum absolute atomic E-state index is 0.554. The van der Waals surface area contributed by atoms with Crippen LogP contribution < -0.4 is 10.9 Å². The molecule has 0 aromatic carbocycles. The lowest BCUT2D eigenvalue weighted by atomic mass is 10.1. The molecule has 0 atom stereocenters. The average molecular weight is 256 g/mol. The summed E-state index contributed by atoms with van der Waals surface area (Å²) in [5.74, 6) is 6.48. The van der Waals surface area contributed by atoms with E-state index in [0.29, 0.717) is 12.4 Å². The van der Waals surface area contributed by atoms with E-state index in [1.807, 2.05) is 44.2 Å². The van der Waals surface area contributed by atoms with Crippen molar-refractivity contribution in [3.8, 4) is 0 Å². The third-order valence-corrected chi connectivity index (χ3v) is 2.32. The Morgan fingerprint density at radius 1 is 1.42 bits per heavy atom. The van der Waals surface area contributed by atoms with Crippen molar-refractivity contribution < 1.29 is 0 Å². The van der Waals surface area contributed by atoms with Crippen molar-refractivity contribution in [3.05, 3.63) is 60.9 Å². The van der Waals surface area contributed by atoms with Crippen molar-refractivity contribution in [2.24, 2.45) is 5.84 Å². The molecule has 0 unspecified atom stereocenters. The lowest BCUT2D eigenvalue weighted by molar-refractivity contribution is 0.851. The first-order chi connectivity index (χ1) is 9.08. The average Bonchev–Trinajstić information content (AvgIpc) is 2.38. The molecular weight excluding hydrogens is 236 g/mol. The molecule has 4 heteroatoms. The highest BCUT2D eigenvalue weighted by atomic mass is 15.4. The van der Waals surface area contributed by atoms with Gasteiger partial charge < -0.3 is 0 Å². The zero-order valence-electron chi connectivity index (χ0n) is 11.5. The maximum Gasteiger partial charge on any atom is 0.165 e. The van der Waals surface area contributed by atoms with Crippen LogP contribution >= 0.6 is 0 Å². The first kappa shape index (κ1) is 14.9. The molecular formula is C15H20N4. The first-order valence-corrected chi connectivity index (χ1v) is 6.04. The number of hydrogen-bond acceptors (Lipinski definition) is 4. The van der Waals surface area contributed by atoms with Crippen LogP contribution in [-0.4, -0.2) is 16.7 Å². The molecule has 1 rings (SSSR count). The Hall–Kier alpha value is -2.20. The van der Waals surface area contributed by atoms with E-state index in [0.717, 1.165) is 16.8 Å². The summed E-state index contributed by atoms with van der Waals surface area (Å²) in [6.45, 7) is 11.9. The molecule has 0 fully saturated rings. The Morgan fingerprint density at radius 2 is 2.16 bits per heavy atom. The van der Waals surface area contributed by atoms with Crippen molar-refractivity contribution in [1.29, 1.82) is 0 Å². The van der Waals surface area contributed by atoms with Gasteiger partial charge >= 0.3 is 0 Å². The highest BCUT2D eigenvalue weighted by molar-refractivity contribution is 5.72. The minimum atomic E-state index is 0.554. The number of aromatic nitrogens is 2. The Bertz CT molecular complexity index is 497. The van der Waals surface area contributed by atoms with Gasteiger partial charge in [-0.25, -0.2) is 5.84 Å². The van der Waals surface area contributed by atoms with Crippen molar-refractivity contribution in [1.82, 2.24) is 10.2 Å². The number of rotatable bonds is 6. The normalized spacial score (nSPS) is 11.6. The fraction of sp³-hybridized carbons (Fsp3) is 0.200. The molecule has 2 N–H and O–H groups in total. The molecule has 0 aliphatic carbocycles. The monoisotopic (exact) mass is 256 g/mol. The third kappa shape index (κ3) is 4.52. The Morgan fingerprint density at radius 3 is 2.63 bits per heavy atom. The summed E-state index contributed by atoms with van der Waals surface area (Å²) in [5, 5.41) is 9.81. The van der Waals surface area contributed by atoms with Gasteiger partial charge in [0.25, 0.3) is 0 Å². The number of hydrazine groups is 1. The fourth-order valence-corrected chi connectivity index (χ4v) is 1.54. The second kappa shape index (κ2) is 7.28. The number of anilines is 1. The first-order valence-electron chi connectivity index (χ1n) is 6.04. The predicted octanol–water partition coefficient (Wildman–Crippen LogP) is 2.88. The third-order valence-electron chi connectivity index (χ3n) is 2.32. The molecule has 0 saturated heterocycles. The summed E-state index contributed by atoms with van der Waals surface area (Å²) >= 11 is 0. The van der Waals surface area contributed by atoms with Gasteiger partial charge in [-0.2, -0.15) is 0 Å². The number of hydrogen-bond donors (Lipinski definition) is 1. The van der Waals surface area contributed by atoms with Crippen LogP contribution in [-0.2, 0) is 0 Å². The molecule has 0 saturated carbocycles. The van der Waals surface area contributed by atoms with E-state index in [9.17, 15) is 0 Å². The molecule has 0 aliphatic heterocycles. The molecule has 4 nitrogen and oxygen atoms in total. The summed E-state index contributed by atoms with van der Waals surface area (Å²) in [6.07, 6.45) is 7.51. The van der Waals surface area contributed by atoms with Crippen LogP contribution in [0.25, 0.3) is 5.57 Å². The van der Waals surface area contributed by atoms with E-state index in [1.165, 1.54) is 5.01 Å². The summed E-state index contributed by atoms with van der Waals surface area (Å²) in [5.41, 5.74) is 2.71. The second-order valence-electron chi connectivity index (χ2n) is 4.22. The molecule has 100 valence electrons. The zero-order chi connectivity index (χ0) is 14.3. The van der Waals surface area contributed by atoms with Crippen molar-refractivity contribution in [3.63, 3.8) is 0 Å². The van der Waals surface area contributed by atoms with Gasteiger partial charge in [0.05, 0.1) is 12.2 Å². The van der Waals surface area contributed by atoms with Crippen molar-refractivity contribution in [2.45, 2.75) is 13.8 Å². The van der Waals surface area contributed by atoms with Gasteiger partial charge in [0.2, 0.25) is 0 Å². The fourth-order valence-electron chi connectivity index (χ4n) is 1.54. The summed E-state index contributed by atoms with van der Waals surface area (Å²) < 4.78 is 0. The number of allylic oxidation sites excluding steroid dienone is 5. The molecule has 0 radical (unpaired) electrons. The van der Waals surface area contributed by atoms with Gasteiger partial charge in [0.1, 0.15) is 0 Å². The van der Waals surface area contributed by atoms with Gasteiger partial charge in [-0.15, -0.1) is 10.2 Å². The van der Waals surface area contributed by atoms with E-state index in [1.54, 1.807) is 6.08 Å². The zero-order valence-corrected chi connectivity index (χ0v) is 11.5. The molecule has 0 bridgehead atoms. The van der Waals surface area contributed by atoms with Crippen molar-refractivity contribution in [2.75, 3.05) is 11.6 Å². The van der Waals surface area contributed by atoms with Crippen LogP contribution in [0.4, 0.5) is 5.82 Å². The molecule has 0 amide bonds. The lowest BCUT2D eigenvalue weighted by Crippen LogP contribution is -2.33. The molecule has 1 aromatic rings. The highest BCUT2D eigenvalue weighted by Crippen LogP contribution is 2.15. The van der Waals surface area contributed by atoms with Gasteiger partial charge in [-0.1, -0.05) is 43.0 Å². The van der Waals surface area contributed by atoms with E-state index >= 15 is 0 Å². The van der Waals surface area contributed by atoms with Crippen LogP contribution in [0.15, 0.2) is 55.2 Å². The maximum atomic E-state index is 5.86. The smallest absolute Gasteiger partial charge is 0.165 e. The largest absolute Gasteiger partial charge is 0.289 e. The SMILES string of the molecule is C=C/C=C(\C=C/C)c1ccc(N(N)CC(=C)C)nn1. The van der Waals surface area contributed by atoms with Gasteiger partial charge in [-0.3, -0.25) is 5.01 Å². The Balaban J connectivity index is 2.94. The summed E-state index contributed by atoms with van der Waals surface area (Å²) in [6, 6.07) is 3.72. The molecule has 1 aromatic heterocycles. The van der Waals surface area contributed by atoms with Crippen LogP contribution in [0.2, 0.25) is 0 Å². The molecule has 0 aliphatic rings. The van der Waals surface area contributed by atoms with E-state index < -0.39 is 0 Å². The topological polar surface area (TPSA) is 55.0 Å². The van der Waals surface area contributed by atoms with Gasteiger partial charge in [0, 0.05) is 5.57 Å². The lowest BCUT2D eigenvalue weighted by Gasteiger charge is -2.16. The van der Waals surface area contributed by atoms with Gasteiger partial charge in [-0.05, 0) is 26.0 Å². The second-order valence-corrected chi connectivity index (χ2v) is 4.22. The highest BCUT2D eigenvalue weighted by Gasteiger charge is 2.05. The molecule has 19 heavy (non-hydrogen) atoms. The maximum absolute atomic E-state index is 5.86. The quantitative estimate of drug-likeness (QED) is 0.368. The van der Waals surface area contributed by atoms with Crippen LogP contribution in [0.5, 0.6) is 0 Å². The summed E-state index contributed by atoms with van der Waals surface area (Å²) in [4.78, 5) is 0. The predicted molar refractivity (Wildman–Crippen MR) is 81.4 cm³/mol. The molecule has 1 heterocycles. The van der Waals surface area contributed by atoms with E-state index in [4.69, 9.17) is 5.84 Å². The van der Waals surface area contributed by atoms with E-state index in [-0.39, 0.29) is 0 Å². The minimum Gasteiger partial charge on any atom is -0.289 e. The van der Waals surface area contributed by atoms with Gasteiger partial charge in [0.15, 0.2) is 5.82 Å². The Kier molecular flexibility index (Phi) is 5.70. The van der Waals surface area contributed by atoms with Crippen LogP contribution in [0, 0.1) is 0 Å². The number of nitrogens with zero attached hydrogens (tertiary/aromatic N) is 3. The van der Waals surface area contributed by atoms with E-state index in [2.05, 4.69) is 23.4 Å². The standard InChI is InChI=1S/C15H20N4/c1-5-7-13(8-6-2)14-9-10-15(18-17-14)19(16)11-12(3)4/h5-10H,1,3,11,16H2,2,4H3/b8-6-,13-7+.